The second-order valence-corrected chi connectivity index (χ2v) is 9.63. The van der Waals surface area contributed by atoms with Crippen LogP contribution in [0.5, 0.6) is 11.5 Å². The first-order valence-corrected chi connectivity index (χ1v) is 12.4. The van der Waals surface area contributed by atoms with Gasteiger partial charge in [0.2, 0.25) is 0 Å². The Hall–Kier alpha value is -3.08. The van der Waals surface area contributed by atoms with E-state index in [0.29, 0.717) is 28.9 Å². The Bertz CT molecular complexity index is 1100. The summed E-state index contributed by atoms with van der Waals surface area (Å²) in [7, 11) is 0. The number of carbonyl (C=O) groups excluding carboxylic acids is 2. The minimum atomic E-state index is -1.56. The number of hydrogen-bond acceptors (Lipinski definition) is 5. The van der Waals surface area contributed by atoms with Crippen LogP contribution in [-0.4, -0.2) is 16.9 Å². The first-order valence-electron chi connectivity index (χ1n) is 12.4. The van der Waals surface area contributed by atoms with E-state index in [4.69, 9.17) is 9.47 Å². The summed E-state index contributed by atoms with van der Waals surface area (Å²) < 4.78 is 12.5. The Labute approximate surface area is 201 Å². The molecule has 0 fully saturated rings. The number of ketones is 1. The second-order valence-electron chi connectivity index (χ2n) is 9.63. The molecule has 2 aromatic rings. The normalized spacial score (nSPS) is 21.8. The number of hydrogen-bond donors (Lipinski definition) is 1. The number of fused-ring (bicyclic) bond motifs is 1. The van der Waals surface area contributed by atoms with Crippen molar-refractivity contribution in [2.24, 2.45) is 0 Å². The van der Waals surface area contributed by atoms with E-state index in [1.165, 1.54) is 12.5 Å². The van der Waals surface area contributed by atoms with E-state index in [0.717, 1.165) is 44.1 Å². The van der Waals surface area contributed by atoms with Crippen LogP contribution in [0, 0.1) is 0 Å². The number of Topliss-reactive ketones (excluding diaryl/α,β-unsaturated/α-hetero) is 1. The van der Waals surface area contributed by atoms with Gasteiger partial charge in [-0.25, -0.2) is 4.79 Å². The van der Waals surface area contributed by atoms with Crippen molar-refractivity contribution in [1.29, 1.82) is 0 Å². The monoisotopic (exact) mass is 462 g/mol. The summed E-state index contributed by atoms with van der Waals surface area (Å²) in [5, 5.41) is 11.2. The van der Waals surface area contributed by atoms with Gasteiger partial charge in [-0.1, -0.05) is 61.7 Å². The second kappa shape index (κ2) is 10.0. The molecule has 2 aromatic carbocycles. The summed E-state index contributed by atoms with van der Waals surface area (Å²) in [6.45, 7) is 5.68. The molecule has 0 amide bonds. The molecule has 0 aromatic heterocycles. The van der Waals surface area contributed by atoms with E-state index in [2.05, 4.69) is 19.9 Å². The molecule has 1 aliphatic heterocycles. The highest BCUT2D eigenvalue weighted by Gasteiger charge is 2.47. The zero-order valence-electron chi connectivity index (χ0n) is 20.4. The van der Waals surface area contributed by atoms with E-state index in [1.807, 2.05) is 18.2 Å². The van der Waals surface area contributed by atoms with Gasteiger partial charge in [0.05, 0.1) is 6.42 Å². The number of cyclic esters (lactones) is 1. The van der Waals surface area contributed by atoms with E-state index in [-0.39, 0.29) is 23.9 Å². The number of ether oxygens (including phenoxy) is 2. The maximum absolute atomic E-state index is 13.6. The predicted molar refractivity (Wildman–Crippen MR) is 131 cm³/mol. The van der Waals surface area contributed by atoms with Crippen molar-refractivity contribution in [3.63, 3.8) is 0 Å². The van der Waals surface area contributed by atoms with Crippen LogP contribution in [0.1, 0.15) is 98.7 Å². The molecule has 34 heavy (non-hydrogen) atoms. The zero-order chi connectivity index (χ0) is 24.3. The average molecular weight is 463 g/mol. The van der Waals surface area contributed by atoms with Gasteiger partial charge in [-0.15, -0.1) is 0 Å². The molecular weight excluding hydrogens is 428 g/mol. The summed E-state index contributed by atoms with van der Waals surface area (Å²) >= 11 is 0. The number of unbranched alkanes of at least 4 members (excludes halogenated alkanes) is 2. The lowest BCUT2D eigenvalue weighted by molar-refractivity contribution is -0.172. The van der Waals surface area contributed by atoms with E-state index in [1.54, 1.807) is 18.2 Å². The van der Waals surface area contributed by atoms with Crippen LogP contribution in [0.25, 0.3) is 0 Å². The van der Waals surface area contributed by atoms with E-state index in [9.17, 15) is 14.7 Å². The zero-order valence-corrected chi connectivity index (χ0v) is 20.4. The number of aromatic hydroxyl groups is 1. The van der Waals surface area contributed by atoms with Gasteiger partial charge in [0, 0.05) is 17.0 Å². The van der Waals surface area contributed by atoms with Gasteiger partial charge in [0.1, 0.15) is 22.8 Å². The summed E-state index contributed by atoms with van der Waals surface area (Å²) in [4.78, 5) is 25.9. The molecule has 4 rings (SSSR count). The minimum absolute atomic E-state index is 0.0658. The molecule has 0 saturated heterocycles. The molecule has 1 heterocycles. The summed E-state index contributed by atoms with van der Waals surface area (Å²) in [5.41, 5.74) is 3.59. The number of phenols is 1. The van der Waals surface area contributed by atoms with Gasteiger partial charge in [-0.3, -0.25) is 4.79 Å². The van der Waals surface area contributed by atoms with E-state index >= 15 is 0 Å². The van der Waals surface area contributed by atoms with Crippen LogP contribution < -0.4 is 4.74 Å². The van der Waals surface area contributed by atoms with Gasteiger partial charge in [-0.05, 0) is 57.6 Å². The molecule has 2 unspecified atom stereocenters. The Kier molecular flexibility index (Phi) is 7.11. The molecule has 5 heteroatoms. The summed E-state index contributed by atoms with van der Waals surface area (Å²) in [5.74, 6) is -1.78. The molecular formula is C29H34O5. The highest BCUT2D eigenvalue weighted by Crippen LogP contribution is 2.50. The summed E-state index contributed by atoms with van der Waals surface area (Å²) in [6, 6.07) is 10.8. The van der Waals surface area contributed by atoms with Crippen molar-refractivity contribution >= 4 is 11.8 Å². The van der Waals surface area contributed by atoms with Crippen molar-refractivity contribution in [2.45, 2.75) is 83.8 Å². The molecule has 0 bridgehead atoms. The third-order valence-corrected chi connectivity index (χ3v) is 6.80. The van der Waals surface area contributed by atoms with Crippen molar-refractivity contribution < 1.29 is 24.2 Å². The van der Waals surface area contributed by atoms with Gasteiger partial charge < -0.3 is 14.6 Å². The fourth-order valence-electron chi connectivity index (χ4n) is 5.20. The molecule has 2 atom stereocenters. The number of allylic oxidation sites excluding steroid dienone is 2. The average Bonchev–Trinajstić information content (AvgIpc) is 2.79. The predicted octanol–water partition coefficient (Wildman–Crippen LogP) is 6.72. The topological polar surface area (TPSA) is 72.8 Å². The number of rotatable bonds is 8. The van der Waals surface area contributed by atoms with Crippen molar-refractivity contribution in [1.82, 2.24) is 0 Å². The Morgan fingerprint density at radius 3 is 2.62 bits per heavy atom. The fraction of sp³-hybridized carbons (Fsp3) is 0.448. The highest BCUT2D eigenvalue weighted by molar-refractivity contribution is 5.97. The molecule has 180 valence electrons. The SMILES string of the molecule is CCCCCc1cc(O)c(C2C=C(C)CCC2)c2c1C(=O)OC(CC(C)=O)(c1ccccc1)O2. The molecule has 0 spiro atoms. The van der Waals surface area contributed by atoms with Gasteiger partial charge in [0.15, 0.2) is 0 Å². The first-order chi connectivity index (χ1) is 16.3. The molecule has 0 saturated carbocycles. The number of benzene rings is 2. The molecule has 1 N–H and O–H groups in total. The Morgan fingerprint density at radius 2 is 1.94 bits per heavy atom. The maximum atomic E-state index is 13.6. The van der Waals surface area contributed by atoms with Crippen LogP contribution in [0.3, 0.4) is 0 Å². The number of phenolic OH excluding ortho intramolecular Hbond substituents is 1. The quantitative estimate of drug-likeness (QED) is 0.268. The van der Waals surface area contributed by atoms with Crippen LogP contribution in [0.2, 0.25) is 0 Å². The van der Waals surface area contributed by atoms with Crippen molar-refractivity contribution in [2.75, 3.05) is 0 Å². The maximum Gasteiger partial charge on any atom is 0.345 e. The van der Waals surface area contributed by atoms with Crippen LogP contribution in [-0.2, 0) is 21.7 Å². The van der Waals surface area contributed by atoms with Crippen LogP contribution in [0.4, 0.5) is 0 Å². The van der Waals surface area contributed by atoms with Crippen LogP contribution in [0.15, 0.2) is 48.0 Å². The molecule has 0 radical (unpaired) electrons. The third kappa shape index (κ3) is 4.75. The summed E-state index contributed by atoms with van der Waals surface area (Å²) in [6.07, 6.45) is 8.55. The molecule has 2 aliphatic rings. The van der Waals surface area contributed by atoms with Crippen molar-refractivity contribution in [3.8, 4) is 11.5 Å². The molecule has 5 nitrogen and oxygen atoms in total. The third-order valence-electron chi connectivity index (χ3n) is 6.80. The smallest absolute Gasteiger partial charge is 0.345 e. The first kappa shape index (κ1) is 24.1. The lowest BCUT2D eigenvalue weighted by Gasteiger charge is -2.40. The fourth-order valence-corrected chi connectivity index (χ4v) is 5.20. The number of esters is 1. The highest BCUT2D eigenvalue weighted by atomic mass is 16.7. The standard InChI is InChI=1S/C29H34O5/c1-4-5-7-12-22-17-24(31)25(21-13-10-11-19(2)16-21)27-26(22)28(32)34-29(33-27,18-20(3)30)23-14-8-6-9-15-23/h6,8-9,14-17,21,31H,4-5,7,10-13,18H2,1-3H3. The lowest BCUT2D eigenvalue weighted by atomic mass is 9.82. The van der Waals surface area contributed by atoms with Gasteiger partial charge in [0.25, 0.3) is 5.79 Å². The van der Waals surface area contributed by atoms with E-state index < -0.39 is 11.8 Å². The van der Waals surface area contributed by atoms with Gasteiger partial charge in [-0.2, -0.15) is 0 Å². The lowest BCUT2D eigenvalue weighted by Crippen LogP contribution is -2.44. The largest absolute Gasteiger partial charge is 0.507 e. The van der Waals surface area contributed by atoms with Gasteiger partial charge >= 0.3 is 5.97 Å². The number of carbonyl (C=O) groups is 2. The molecule has 1 aliphatic carbocycles. The Morgan fingerprint density at radius 1 is 1.18 bits per heavy atom. The van der Waals surface area contributed by atoms with Crippen molar-refractivity contribution in [3.05, 3.63) is 70.3 Å². The Balaban J connectivity index is 1.91. The number of aryl methyl sites for hydroxylation is 1. The minimum Gasteiger partial charge on any atom is -0.507 e. The van der Waals surface area contributed by atoms with Crippen LogP contribution >= 0.6 is 0 Å².